The molecule has 0 amide bonds. The van der Waals surface area contributed by atoms with E-state index in [2.05, 4.69) is 0 Å². The van der Waals surface area contributed by atoms with E-state index in [4.69, 9.17) is 9.15 Å². The number of hydrogen-bond donors (Lipinski definition) is 1. The van der Waals surface area contributed by atoms with Gasteiger partial charge in [-0.15, -0.1) is 0 Å². The number of aromatic hydroxyl groups is 1. The van der Waals surface area contributed by atoms with Crippen LogP contribution in [0.5, 0.6) is 11.5 Å². The molecule has 21 heavy (non-hydrogen) atoms. The summed E-state index contributed by atoms with van der Waals surface area (Å²) in [6.45, 7) is 2.28. The molecule has 0 aliphatic rings. The van der Waals surface area contributed by atoms with Crippen LogP contribution in [0, 0.1) is 0 Å². The Morgan fingerprint density at radius 3 is 2.76 bits per heavy atom. The van der Waals surface area contributed by atoms with Crippen LogP contribution < -0.4 is 10.2 Å². The van der Waals surface area contributed by atoms with E-state index in [1.165, 1.54) is 12.1 Å². The minimum atomic E-state index is -0.0992. The van der Waals surface area contributed by atoms with E-state index in [-0.39, 0.29) is 11.2 Å². The van der Waals surface area contributed by atoms with E-state index in [0.717, 1.165) is 0 Å². The number of hydrogen-bond acceptors (Lipinski definition) is 4. The molecule has 0 radical (unpaired) electrons. The fraction of sp³-hybridized carbons (Fsp3) is 0.118. The topological polar surface area (TPSA) is 59.7 Å². The molecule has 0 saturated carbocycles. The Bertz CT molecular complexity index is 849. The third-order valence-electron chi connectivity index (χ3n) is 3.18. The smallest absolute Gasteiger partial charge is 0.193 e. The van der Waals surface area contributed by atoms with Crippen LogP contribution in [0.3, 0.4) is 0 Å². The Hall–Kier alpha value is -2.75. The number of para-hydroxylation sites is 1. The van der Waals surface area contributed by atoms with Crippen LogP contribution in [0.25, 0.3) is 22.3 Å². The summed E-state index contributed by atoms with van der Waals surface area (Å²) >= 11 is 0. The molecule has 0 spiro atoms. The predicted octanol–water partition coefficient (Wildman–Crippen LogP) is 3.56. The quantitative estimate of drug-likeness (QED) is 0.798. The SMILES string of the molecule is CCOc1cc(-c2cc(=O)c3ccccc3o2)ccc1O. The van der Waals surface area contributed by atoms with E-state index in [1.54, 1.807) is 30.3 Å². The zero-order valence-electron chi connectivity index (χ0n) is 11.5. The van der Waals surface area contributed by atoms with Crippen LogP contribution in [-0.2, 0) is 0 Å². The first-order valence-corrected chi connectivity index (χ1v) is 6.68. The van der Waals surface area contributed by atoms with Crippen molar-refractivity contribution < 1.29 is 14.3 Å². The summed E-state index contributed by atoms with van der Waals surface area (Å²) in [5.41, 5.74) is 1.11. The summed E-state index contributed by atoms with van der Waals surface area (Å²) in [7, 11) is 0. The molecule has 2 aromatic carbocycles. The van der Waals surface area contributed by atoms with Crippen LogP contribution >= 0.6 is 0 Å². The molecule has 3 rings (SSSR count). The van der Waals surface area contributed by atoms with Gasteiger partial charge in [-0.2, -0.15) is 0 Å². The highest BCUT2D eigenvalue weighted by Gasteiger charge is 2.09. The van der Waals surface area contributed by atoms with Crippen molar-refractivity contribution in [1.82, 2.24) is 0 Å². The fourth-order valence-corrected chi connectivity index (χ4v) is 2.18. The van der Waals surface area contributed by atoms with Crippen LogP contribution in [0.1, 0.15) is 6.92 Å². The minimum Gasteiger partial charge on any atom is -0.504 e. The Balaban J connectivity index is 2.16. The van der Waals surface area contributed by atoms with Crippen LogP contribution in [0.2, 0.25) is 0 Å². The van der Waals surface area contributed by atoms with Gasteiger partial charge in [0.05, 0.1) is 12.0 Å². The molecule has 106 valence electrons. The minimum absolute atomic E-state index is 0.0590. The monoisotopic (exact) mass is 282 g/mol. The lowest BCUT2D eigenvalue weighted by Gasteiger charge is -2.08. The highest BCUT2D eigenvalue weighted by Crippen LogP contribution is 2.32. The van der Waals surface area contributed by atoms with Gasteiger partial charge in [0.2, 0.25) is 0 Å². The van der Waals surface area contributed by atoms with Crippen LogP contribution in [-0.4, -0.2) is 11.7 Å². The van der Waals surface area contributed by atoms with Gasteiger partial charge in [-0.25, -0.2) is 0 Å². The predicted molar refractivity (Wildman–Crippen MR) is 80.8 cm³/mol. The van der Waals surface area contributed by atoms with Crippen molar-refractivity contribution in [3.63, 3.8) is 0 Å². The lowest BCUT2D eigenvalue weighted by molar-refractivity contribution is 0.318. The summed E-state index contributed by atoms with van der Waals surface area (Å²) in [4.78, 5) is 12.1. The molecule has 3 aromatic rings. The van der Waals surface area contributed by atoms with E-state index < -0.39 is 0 Å². The number of benzene rings is 2. The summed E-state index contributed by atoms with van der Waals surface area (Å²) in [5.74, 6) is 0.870. The molecule has 0 atom stereocenters. The molecule has 0 saturated heterocycles. The number of phenolic OH excluding ortho intramolecular Hbond substituents is 1. The molecule has 1 heterocycles. The second-order valence-electron chi connectivity index (χ2n) is 4.59. The molecule has 1 aromatic heterocycles. The van der Waals surface area contributed by atoms with Crippen molar-refractivity contribution in [1.29, 1.82) is 0 Å². The first kappa shape index (κ1) is 13.2. The van der Waals surface area contributed by atoms with Crippen molar-refractivity contribution in [2.24, 2.45) is 0 Å². The second kappa shape index (κ2) is 5.32. The molecule has 1 N–H and O–H groups in total. The molecule has 0 unspecified atom stereocenters. The highest BCUT2D eigenvalue weighted by atomic mass is 16.5. The van der Waals surface area contributed by atoms with Crippen LogP contribution in [0.15, 0.2) is 57.7 Å². The Morgan fingerprint density at radius 2 is 1.95 bits per heavy atom. The van der Waals surface area contributed by atoms with Gasteiger partial charge in [-0.05, 0) is 37.3 Å². The van der Waals surface area contributed by atoms with Crippen molar-refractivity contribution in [2.75, 3.05) is 6.61 Å². The van der Waals surface area contributed by atoms with E-state index in [0.29, 0.717) is 34.6 Å². The Kier molecular flexibility index (Phi) is 3.36. The maximum absolute atomic E-state index is 12.1. The zero-order chi connectivity index (χ0) is 14.8. The summed E-state index contributed by atoms with van der Waals surface area (Å²) in [5, 5.41) is 10.3. The largest absolute Gasteiger partial charge is 0.504 e. The number of rotatable bonds is 3. The van der Waals surface area contributed by atoms with Gasteiger partial charge in [-0.3, -0.25) is 4.79 Å². The first-order valence-electron chi connectivity index (χ1n) is 6.68. The van der Waals surface area contributed by atoms with E-state index in [9.17, 15) is 9.90 Å². The Labute approximate surface area is 121 Å². The van der Waals surface area contributed by atoms with Gasteiger partial charge < -0.3 is 14.3 Å². The van der Waals surface area contributed by atoms with E-state index >= 15 is 0 Å². The first-order chi connectivity index (χ1) is 10.2. The molecule has 0 aliphatic carbocycles. The standard InChI is InChI=1S/C17H14O4/c1-2-20-17-9-11(7-8-13(17)18)16-10-14(19)12-5-3-4-6-15(12)21-16/h3-10,18H,2H2,1H3. The van der Waals surface area contributed by atoms with Gasteiger partial charge in [-0.1, -0.05) is 12.1 Å². The average molecular weight is 282 g/mol. The second-order valence-corrected chi connectivity index (χ2v) is 4.59. The van der Waals surface area contributed by atoms with Gasteiger partial charge >= 0.3 is 0 Å². The summed E-state index contributed by atoms with van der Waals surface area (Å²) in [6, 6.07) is 13.4. The van der Waals surface area contributed by atoms with Gasteiger partial charge in [0.15, 0.2) is 16.9 Å². The molecule has 0 aliphatic heterocycles. The highest BCUT2D eigenvalue weighted by molar-refractivity contribution is 5.78. The lowest BCUT2D eigenvalue weighted by Crippen LogP contribution is -2.00. The zero-order valence-corrected chi connectivity index (χ0v) is 11.5. The third kappa shape index (κ3) is 2.48. The van der Waals surface area contributed by atoms with Crippen molar-refractivity contribution in [3.05, 3.63) is 58.8 Å². The summed E-state index contributed by atoms with van der Waals surface area (Å²) in [6.07, 6.45) is 0. The molecule has 0 bridgehead atoms. The summed E-state index contributed by atoms with van der Waals surface area (Å²) < 4.78 is 11.1. The number of ether oxygens (including phenoxy) is 1. The molecular formula is C17H14O4. The fourth-order valence-electron chi connectivity index (χ4n) is 2.18. The van der Waals surface area contributed by atoms with E-state index in [1.807, 2.05) is 13.0 Å². The Morgan fingerprint density at radius 1 is 1.14 bits per heavy atom. The van der Waals surface area contributed by atoms with Gasteiger partial charge in [0.25, 0.3) is 0 Å². The molecule has 4 heteroatoms. The molecule has 0 fully saturated rings. The number of phenols is 1. The van der Waals surface area contributed by atoms with Crippen molar-refractivity contribution in [3.8, 4) is 22.8 Å². The van der Waals surface area contributed by atoms with Gasteiger partial charge in [0, 0.05) is 11.6 Å². The lowest BCUT2D eigenvalue weighted by atomic mass is 10.1. The molecular weight excluding hydrogens is 268 g/mol. The van der Waals surface area contributed by atoms with Crippen LogP contribution in [0.4, 0.5) is 0 Å². The van der Waals surface area contributed by atoms with Crippen molar-refractivity contribution in [2.45, 2.75) is 6.92 Å². The van der Waals surface area contributed by atoms with Crippen molar-refractivity contribution >= 4 is 11.0 Å². The number of fused-ring (bicyclic) bond motifs is 1. The maximum atomic E-state index is 12.1. The normalized spacial score (nSPS) is 10.7. The maximum Gasteiger partial charge on any atom is 0.193 e. The van der Waals surface area contributed by atoms with Gasteiger partial charge in [0.1, 0.15) is 11.3 Å². The molecule has 4 nitrogen and oxygen atoms in total. The third-order valence-corrected chi connectivity index (χ3v) is 3.18. The average Bonchev–Trinajstić information content (AvgIpc) is 2.50.